The molecule has 2 rings (SSSR count). The fourth-order valence-corrected chi connectivity index (χ4v) is 1.68. The molecule has 0 aliphatic heterocycles. The van der Waals surface area contributed by atoms with Crippen LogP contribution in [0.15, 0.2) is 22.6 Å². The van der Waals surface area contributed by atoms with Gasteiger partial charge in [0.25, 0.3) is 0 Å². The number of aromatic nitrogens is 1. The van der Waals surface area contributed by atoms with Gasteiger partial charge in [0.15, 0.2) is 5.58 Å². The minimum absolute atomic E-state index is 0.00972. The van der Waals surface area contributed by atoms with Crippen LogP contribution in [-0.2, 0) is 0 Å². The highest BCUT2D eigenvalue weighted by atomic mass is 16.3. The molecule has 2 N–H and O–H groups in total. The molecule has 1 atom stereocenters. The van der Waals surface area contributed by atoms with E-state index in [0.717, 1.165) is 35.4 Å². The predicted octanol–water partition coefficient (Wildman–Crippen LogP) is 2.94. The molecular weight excluding hydrogens is 188 g/mol. The van der Waals surface area contributed by atoms with Crippen molar-refractivity contribution in [3.8, 4) is 0 Å². The molecule has 0 unspecified atom stereocenters. The van der Waals surface area contributed by atoms with Gasteiger partial charge in [0, 0.05) is 11.8 Å². The van der Waals surface area contributed by atoms with Gasteiger partial charge in [-0.3, -0.25) is 0 Å². The van der Waals surface area contributed by atoms with E-state index in [9.17, 15) is 0 Å². The van der Waals surface area contributed by atoms with Crippen molar-refractivity contribution in [3.05, 3.63) is 29.7 Å². The van der Waals surface area contributed by atoms with Gasteiger partial charge in [-0.1, -0.05) is 13.3 Å². The summed E-state index contributed by atoms with van der Waals surface area (Å²) in [6, 6.07) is 5.83. The van der Waals surface area contributed by atoms with E-state index in [4.69, 9.17) is 10.2 Å². The Morgan fingerprint density at radius 2 is 2.27 bits per heavy atom. The molecule has 2 aromatic heterocycles. The number of furan rings is 1. The minimum Gasteiger partial charge on any atom is -0.458 e. The highest BCUT2D eigenvalue weighted by Gasteiger charge is 2.11. The van der Waals surface area contributed by atoms with Crippen molar-refractivity contribution in [1.82, 2.24) is 4.98 Å². The third kappa shape index (κ3) is 2.02. The van der Waals surface area contributed by atoms with Crippen LogP contribution in [0.5, 0.6) is 0 Å². The van der Waals surface area contributed by atoms with E-state index in [2.05, 4.69) is 11.9 Å². The molecule has 3 nitrogen and oxygen atoms in total. The van der Waals surface area contributed by atoms with Crippen molar-refractivity contribution < 1.29 is 4.42 Å². The number of nitrogens with two attached hydrogens (primary N) is 1. The molecule has 0 amide bonds. The molecule has 0 spiro atoms. The molecule has 15 heavy (non-hydrogen) atoms. The Kier molecular flexibility index (Phi) is 2.73. The lowest BCUT2D eigenvalue weighted by Gasteiger charge is -2.04. The quantitative estimate of drug-likeness (QED) is 0.836. The number of fused-ring (bicyclic) bond motifs is 1. The maximum absolute atomic E-state index is 5.99. The van der Waals surface area contributed by atoms with Crippen molar-refractivity contribution >= 4 is 11.1 Å². The van der Waals surface area contributed by atoms with E-state index in [1.54, 1.807) is 0 Å². The highest BCUT2D eigenvalue weighted by molar-refractivity contribution is 5.73. The zero-order valence-electron chi connectivity index (χ0n) is 9.16. The average molecular weight is 204 g/mol. The summed E-state index contributed by atoms with van der Waals surface area (Å²) in [6.07, 6.45) is 2.00. The molecule has 2 aromatic rings. The average Bonchev–Trinajstić information content (AvgIpc) is 2.60. The largest absolute Gasteiger partial charge is 0.458 e. The van der Waals surface area contributed by atoms with Crippen LogP contribution >= 0.6 is 0 Å². The molecule has 0 radical (unpaired) electrons. The van der Waals surface area contributed by atoms with Crippen LogP contribution in [0, 0.1) is 6.92 Å². The minimum atomic E-state index is -0.00972. The number of hydrogen-bond acceptors (Lipinski definition) is 3. The topological polar surface area (TPSA) is 52.0 Å². The number of rotatable bonds is 3. The predicted molar refractivity (Wildman–Crippen MR) is 60.6 cm³/mol. The Labute approximate surface area is 89.3 Å². The maximum Gasteiger partial charge on any atom is 0.152 e. The zero-order chi connectivity index (χ0) is 10.8. The van der Waals surface area contributed by atoms with Crippen LogP contribution in [0.3, 0.4) is 0 Å². The van der Waals surface area contributed by atoms with E-state index in [1.165, 1.54) is 0 Å². The van der Waals surface area contributed by atoms with Gasteiger partial charge >= 0.3 is 0 Å². The Balaban J connectivity index is 2.38. The standard InChI is InChI=1S/C12H16N2O/c1-3-4-9(13)12-7-10-11(15-12)6-5-8(2)14-10/h5-7,9H,3-4,13H2,1-2H3/t9-/m1/s1. The number of pyridine rings is 1. The van der Waals surface area contributed by atoms with Gasteiger partial charge < -0.3 is 10.2 Å². The number of nitrogens with zero attached hydrogens (tertiary/aromatic N) is 1. The molecule has 2 heterocycles. The molecule has 80 valence electrons. The summed E-state index contributed by atoms with van der Waals surface area (Å²) >= 11 is 0. The lowest BCUT2D eigenvalue weighted by molar-refractivity contribution is 0.475. The Bertz CT molecular complexity index is 462. The van der Waals surface area contributed by atoms with Gasteiger partial charge in [0.1, 0.15) is 11.3 Å². The van der Waals surface area contributed by atoms with Crippen molar-refractivity contribution in [2.24, 2.45) is 5.73 Å². The van der Waals surface area contributed by atoms with Crippen LogP contribution < -0.4 is 5.73 Å². The summed E-state index contributed by atoms with van der Waals surface area (Å²) in [5, 5.41) is 0. The number of hydrogen-bond donors (Lipinski definition) is 1. The normalized spacial score (nSPS) is 13.3. The lowest BCUT2D eigenvalue weighted by atomic mass is 10.1. The van der Waals surface area contributed by atoms with Gasteiger partial charge in [-0.15, -0.1) is 0 Å². The smallest absolute Gasteiger partial charge is 0.152 e. The molecule has 0 aromatic carbocycles. The molecule has 0 saturated heterocycles. The lowest BCUT2D eigenvalue weighted by Crippen LogP contribution is -2.08. The van der Waals surface area contributed by atoms with Gasteiger partial charge in [0.05, 0.1) is 6.04 Å². The summed E-state index contributed by atoms with van der Waals surface area (Å²) in [7, 11) is 0. The second-order valence-electron chi connectivity index (χ2n) is 3.88. The van der Waals surface area contributed by atoms with E-state index in [0.29, 0.717) is 0 Å². The van der Waals surface area contributed by atoms with Crippen molar-refractivity contribution in [3.63, 3.8) is 0 Å². The van der Waals surface area contributed by atoms with Crippen molar-refractivity contribution in [2.45, 2.75) is 32.7 Å². The summed E-state index contributed by atoms with van der Waals surface area (Å²) in [5.74, 6) is 0.838. The van der Waals surface area contributed by atoms with Gasteiger partial charge in [-0.25, -0.2) is 4.98 Å². The van der Waals surface area contributed by atoms with E-state index < -0.39 is 0 Å². The zero-order valence-corrected chi connectivity index (χ0v) is 9.16. The summed E-state index contributed by atoms with van der Waals surface area (Å²) in [5.41, 5.74) is 8.71. The van der Waals surface area contributed by atoms with Crippen molar-refractivity contribution in [2.75, 3.05) is 0 Å². The fourth-order valence-electron chi connectivity index (χ4n) is 1.68. The molecule has 0 aliphatic rings. The monoisotopic (exact) mass is 204 g/mol. The van der Waals surface area contributed by atoms with Crippen LogP contribution in [0.25, 0.3) is 11.1 Å². The maximum atomic E-state index is 5.99. The Hall–Kier alpha value is -1.35. The fraction of sp³-hybridized carbons (Fsp3) is 0.417. The first-order valence-electron chi connectivity index (χ1n) is 5.33. The van der Waals surface area contributed by atoms with Crippen molar-refractivity contribution in [1.29, 1.82) is 0 Å². The third-order valence-corrected chi connectivity index (χ3v) is 2.50. The summed E-state index contributed by atoms with van der Waals surface area (Å²) in [6.45, 7) is 4.09. The first-order valence-corrected chi connectivity index (χ1v) is 5.33. The van der Waals surface area contributed by atoms with E-state index in [-0.39, 0.29) is 6.04 Å². The number of aryl methyl sites for hydroxylation is 1. The highest BCUT2D eigenvalue weighted by Crippen LogP contribution is 2.23. The molecule has 0 bridgehead atoms. The molecule has 0 saturated carbocycles. The van der Waals surface area contributed by atoms with Gasteiger partial charge in [-0.05, 0) is 25.5 Å². The summed E-state index contributed by atoms with van der Waals surface area (Å²) < 4.78 is 5.65. The van der Waals surface area contributed by atoms with E-state index >= 15 is 0 Å². The van der Waals surface area contributed by atoms with Gasteiger partial charge in [-0.2, -0.15) is 0 Å². The van der Waals surface area contributed by atoms with Crippen LogP contribution in [-0.4, -0.2) is 4.98 Å². The Morgan fingerprint density at radius 1 is 1.47 bits per heavy atom. The molecule has 0 fully saturated rings. The van der Waals surface area contributed by atoms with Crippen LogP contribution in [0.4, 0.5) is 0 Å². The second-order valence-corrected chi connectivity index (χ2v) is 3.88. The first kappa shape index (κ1) is 10.2. The van der Waals surface area contributed by atoms with E-state index in [1.807, 2.05) is 25.1 Å². The first-order chi connectivity index (χ1) is 7.20. The molecule has 0 aliphatic carbocycles. The SMILES string of the molecule is CCC[C@@H](N)c1cc2nc(C)ccc2o1. The molecular formula is C12H16N2O. The van der Waals surface area contributed by atoms with Crippen LogP contribution in [0.1, 0.15) is 37.3 Å². The second kappa shape index (κ2) is 4.03. The van der Waals surface area contributed by atoms with Gasteiger partial charge in [0.2, 0.25) is 0 Å². The van der Waals surface area contributed by atoms with Crippen LogP contribution in [0.2, 0.25) is 0 Å². The third-order valence-electron chi connectivity index (χ3n) is 2.50. The Morgan fingerprint density at radius 3 is 3.00 bits per heavy atom. The summed E-state index contributed by atoms with van der Waals surface area (Å²) in [4.78, 5) is 4.39. The molecule has 3 heteroatoms.